The zero-order valence-corrected chi connectivity index (χ0v) is 12.1. The van der Waals surface area contributed by atoms with Crippen molar-refractivity contribution in [3.8, 4) is 0 Å². The molecule has 0 saturated carbocycles. The highest BCUT2D eigenvalue weighted by Gasteiger charge is 2.37. The number of hydrogen-bond acceptors (Lipinski definition) is 3. The Bertz CT molecular complexity index is 367. The third kappa shape index (κ3) is 4.09. The number of nitrogens with zero attached hydrogens (tertiary/aromatic N) is 1. The van der Waals surface area contributed by atoms with Crippen molar-refractivity contribution in [1.29, 1.82) is 0 Å². The van der Waals surface area contributed by atoms with Crippen LogP contribution in [-0.2, 0) is 14.4 Å². The minimum absolute atomic E-state index is 0.0416. The van der Waals surface area contributed by atoms with Gasteiger partial charge >= 0.3 is 0 Å². The van der Waals surface area contributed by atoms with Crippen LogP contribution in [0.5, 0.6) is 0 Å². The summed E-state index contributed by atoms with van der Waals surface area (Å²) in [5.41, 5.74) is -1.27. The van der Waals surface area contributed by atoms with Gasteiger partial charge in [-0.25, -0.2) is 0 Å². The molecule has 2 amide bonds. The van der Waals surface area contributed by atoms with Crippen LogP contribution >= 0.6 is 0 Å². The summed E-state index contributed by atoms with van der Waals surface area (Å²) in [5, 5.41) is 0. The van der Waals surface area contributed by atoms with Gasteiger partial charge in [-0.05, 0) is 40.2 Å². The molecule has 0 saturated heterocycles. The van der Waals surface area contributed by atoms with E-state index in [9.17, 15) is 14.4 Å². The first-order valence-electron chi connectivity index (χ1n) is 6.01. The normalized spacial score (nSPS) is 12.6. The van der Waals surface area contributed by atoms with Gasteiger partial charge in [-0.3, -0.25) is 19.3 Å². The summed E-state index contributed by atoms with van der Waals surface area (Å²) in [5.74, 6) is -0.322. The van der Waals surface area contributed by atoms with Crippen LogP contribution in [0.3, 0.4) is 0 Å². The highest BCUT2D eigenvalue weighted by atomic mass is 16.2. The van der Waals surface area contributed by atoms with Gasteiger partial charge in [0, 0.05) is 11.0 Å². The number of carbonyl (C=O) groups excluding carboxylic acids is 3. The van der Waals surface area contributed by atoms with Crippen molar-refractivity contribution in [2.45, 2.75) is 53.5 Å². The van der Waals surface area contributed by atoms with E-state index in [4.69, 9.17) is 0 Å². The Labute approximate surface area is 109 Å². The van der Waals surface area contributed by atoms with Crippen LogP contribution in [0.25, 0.3) is 0 Å². The molecule has 0 aromatic rings. The average Bonchev–Trinajstić information content (AvgIpc) is 2.16. The summed E-state index contributed by atoms with van der Waals surface area (Å²) in [6, 6.07) is 0. The number of imide groups is 1. The summed E-state index contributed by atoms with van der Waals surface area (Å²) in [7, 11) is 0. The first kappa shape index (κ1) is 16.6. The molecule has 4 heteroatoms. The Kier molecular flexibility index (Phi) is 5.46. The predicted molar refractivity (Wildman–Crippen MR) is 70.9 cm³/mol. The van der Waals surface area contributed by atoms with E-state index in [1.807, 2.05) is 13.8 Å². The van der Waals surface area contributed by atoms with Crippen molar-refractivity contribution in [2.24, 2.45) is 5.41 Å². The van der Waals surface area contributed by atoms with Crippen molar-refractivity contribution in [1.82, 2.24) is 4.90 Å². The van der Waals surface area contributed by atoms with Gasteiger partial charge in [0.05, 0.1) is 0 Å². The molecule has 18 heavy (non-hydrogen) atoms. The maximum atomic E-state index is 11.8. The largest absolute Gasteiger partial charge is 0.299 e. The SMILES string of the molecule is C/C=C\C(=O)N(C=O)C(C)(C)CC(C)(C)C(C)=O. The van der Waals surface area contributed by atoms with Crippen LogP contribution in [0, 0.1) is 5.41 Å². The van der Waals surface area contributed by atoms with Crippen LogP contribution in [0.4, 0.5) is 0 Å². The third-order valence-electron chi connectivity index (χ3n) is 3.13. The Morgan fingerprint density at radius 1 is 1.17 bits per heavy atom. The Balaban J connectivity index is 5.16. The standard InChI is InChI=1S/C14H23NO3/c1-7-8-12(18)15(10-16)14(5,6)9-13(3,4)11(2)17/h7-8,10H,9H2,1-6H3/b8-7-. The molecule has 0 aliphatic carbocycles. The molecule has 0 rings (SSSR count). The third-order valence-corrected chi connectivity index (χ3v) is 3.13. The molecule has 0 atom stereocenters. The molecule has 0 aliphatic rings. The predicted octanol–water partition coefficient (Wildman–Crippen LogP) is 2.33. The second-order valence-corrected chi connectivity index (χ2v) is 5.74. The van der Waals surface area contributed by atoms with E-state index in [1.165, 1.54) is 13.0 Å². The van der Waals surface area contributed by atoms with Crippen molar-refractivity contribution >= 4 is 18.1 Å². The zero-order valence-electron chi connectivity index (χ0n) is 12.1. The fraction of sp³-hybridized carbons (Fsp3) is 0.643. The van der Waals surface area contributed by atoms with Crippen LogP contribution in [0.15, 0.2) is 12.2 Å². The number of carbonyl (C=O) groups is 3. The summed E-state index contributed by atoms with van der Waals surface area (Å²) in [4.78, 5) is 35.6. The number of amides is 2. The van der Waals surface area contributed by atoms with E-state index in [1.54, 1.807) is 26.8 Å². The van der Waals surface area contributed by atoms with Gasteiger partial charge in [-0.1, -0.05) is 19.9 Å². The minimum Gasteiger partial charge on any atom is -0.299 e. The van der Waals surface area contributed by atoms with Crippen LogP contribution in [0.1, 0.15) is 48.0 Å². The number of hydrogen-bond donors (Lipinski definition) is 0. The van der Waals surface area contributed by atoms with Gasteiger partial charge < -0.3 is 0 Å². The van der Waals surface area contributed by atoms with Gasteiger partial charge in [-0.15, -0.1) is 0 Å². The Morgan fingerprint density at radius 2 is 1.67 bits per heavy atom. The molecule has 4 nitrogen and oxygen atoms in total. The second-order valence-electron chi connectivity index (χ2n) is 5.74. The fourth-order valence-electron chi connectivity index (χ4n) is 2.01. The molecule has 0 bridgehead atoms. The van der Waals surface area contributed by atoms with E-state index in [-0.39, 0.29) is 11.7 Å². The van der Waals surface area contributed by atoms with Crippen molar-refractivity contribution < 1.29 is 14.4 Å². The first-order valence-corrected chi connectivity index (χ1v) is 6.01. The van der Waals surface area contributed by atoms with Gasteiger partial charge in [0.2, 0.25) is 6.41 Å². The molecule has 0 N–H and O–H groups in total. The number of ketones is 1. The molecule has 0 aromatic carbocycles. The molecule has 0 radical (unpaired) electrons. The lowest BCUT2D eigenvalue weighted by Gasteiger charge is -2.38. The summed E-state index contributed by atoms with van der Waals surface area (Å²) in [6.45, 7) is 10.4. The van der Waals surface area contributed by atoms with Crippen molar-refractivity contribution in [3.05, 3.63) is 12.2 Å². The minimum atomic E-state index is -0.701. The van der Waals surface area contributed by atoms with Crippen molar-refractivity contribution in [2.75, 3.05) is 0 Å². The van der Waals surface area contributed by atoms with Crippen LogP contribution in [-0.4, -0.2) is 28.5 Å². The quantitative estimate of drug-likeness (QED) is 0.539. The maximum absolute atomic E-state index is 11.8. The molecule has 0 fully saturated rings. The lowest BCUT2D eigenvalue weighted by molar-refractivity contribution is -0.143. The molecular formula is C14H23NO3. The highest BCUT2D eigenvalue weighted by Crippen LogP contribution is 2.32. The van der Waals surface area contributed by atoms with Gasteiger partial charge in [0.15, 0.2) is 0 Å². The molecular weight excluding hydrogens is 230 g/mol. The van der Waals surface area contributed by atoms with E-state index in [0.29, 0.717) is 12.8 Å². The molecule has 0 aromatic heterocycles. The van der Waals surface area contributed by atoms with Crippen LogP contribution < -0.4 is 0 Å². The Morgan fingerprint density at radius 3 is 2.00 bits per heavy atom. The summed E-state index contributed by atoms with van der Waals surface area (Å²) in [6.07, 6.45) is 3.89. The molecule has 0 aliphatic heterocycles. The topological polar surface area (TPSA) is 54.5 Å². The molecule has 102 valence electrons. The van der Waals surface area contributed by atoms with E-state index < -0.39 is 11.0 Å². The lowest BCUT2D eigenvalue weighted by atomic mass is 9.77. The number of Topliss-reactive ketones (excluding diaryl/α,β-unsaturated/α-hetero) is 1. The molecule has 0 spiro atoms. The summed E-state index contributed by atoms with van der Waals surface area (Å²) < 4.78 is 0. The zero-order chi connectivity index (χ0) is 14.6. The summed E-state index contributed by atoms with van der Waals surface area (Å²) >= 11 is 0. The Hall–Kier alpha value is -1.45. The van der Waals surface area contributed by atoms with Crippen molar-refractivity contribution in [3.63, 3.8) is 0 Å². The van der Waals surface area contributed by atoms with E-state index in [0.717, 1.165) is 4.90 Å². The fourth-order valence-corrected chi connectivity index (χ4v) is 2.01. The average molecular weight is 253 g/mol. The van der Waals surface area contributed by atoms with E-state index >= 15 is 0 Å². The molecule has 0 heterocycles. The second kappa shape index (κ2) is 5.94. The van der Waals surface area contributed by atoms with Gasteiger partial charge in [0.25, 0.3) is 5.91 Å². The maximum Gasteiger partial charge on any atom is 0.253 e. The highest BCUT2D eigenvalue weighted by molar-refractivity contribution is 5.95. The van der Waals surface area contributed by atoms with Gasteiger partial charge in [0.1, 0.15) is 5.78 Å². The molecule has 0 unspecified atom stereocenters. The van der Waals surface area contributed by atoms with Gasteiger partial charge in [-0.2, -0.15) is 0 Å². The van der Waals surface area contributed by atoms with E-state index in [2.05, 4.69) is 0 Å². The van der Waals surface area contributed by atoms with Crippen LogP contribution in [0.2, 0.25) is 0 Å². The first-order chi connectivity index (χ1) is 8.08. The smallest absolute Gasteiger partial charge is 0.253 e. The monoisotopic (exact) mass is 253 g/mol. The number of rotatable bonds is 6. The number of allylic oxidation sites excluding steroid dienone is 1. The lowest BCUT2D eigenvalue weighted by Crippen LogP contribution is -2.49.